The largest absolute Gasteiger partial charge is 0.386 e. The average molecular weight is 346 g/mol. The topological polar surface area (TPSA) is 61.4 Å². The van der Waals surface area contributed by atoms with Crippen LogP contribution in [0.3, 0.4) is 0 Å². The van der Waals surface area contributed by atoms with Crippen molar-refractivity contribution in [2.24, 2.45) is 0 Å². The highest BCUT2D eigenvalue weighted by atomic mass is 19.2. The zero-order valence-electron chi connectivity index (χ0n) is 11.9. The van der Waals surface area contributed by atoms with Crippen molar-refractivity contribution in [3.63, 3.8) is 0 Å². The van der Waals surface area contributed by atoms with Gasteiger partial charge in [-0.05, 0) is 12.1 Å². The molecule has 0 aliphatic heterocycles. The van der Waals surface area contributed by atoms with Crippen LogP contribution in [0.1, 0.15) is 11.7 Å². The number of amides is 2. The van der Waals surface area contributed by atoms with Crippen LogP contribution in [0.15, 0.2) is 30.3 Å². The Morgan fingerprint density at radius 1 is 1.00 bits per heavy atom. The number of aliphatic hydroxyl groups is 1. The normalized spacial score (nSPS) is 11.9. The van der Waals surface area contributed by atoms with Crippen LogP contribution in [-0.2, 0) is 0 Å². The van der Waals surface area contributed by atoms with Gasteiger partial charge in [-0.15, -0.1) is 0 Å². The van der Waals surface area contributed by atoms with E-state index in [1.807, 2.05) is 5.32 Å². The smallest absolute Gasteiger partial charge is 0.319 e. The van der Waals surface area contributed by atoms with Crippen molar-refractivity contribution >= 4 is 11.7 Å². The minimum atomic E-state index is -1.69. The number of carbonyl (C=O) groups is 1. The van der Waals surface area contributed by atoms with Crippen LogP contribution in [-0.4, -0.2) is 17.7 Å². The maximum Gasteiger partial charge on any atom is 0.319 e. The molecule has 0 fully saturated rings. The van der Waals surface area contributed by atoms with Gasteiger partial charge < -0.3 is 15.7 Å². The second-order valence-electron chi connectivity index (χ2n) is 4.74. The average Bonchev–Trinajstić information content (AvgIpc) is 2.50. The molecule has 0 heterocycles. The minimum absolute atomic E-state index is 0.379. The Labute approximate surface area is 132 Å². The van der Waals surface area contributed by atoms with Gasteiger partial charge in [0.1, 0.15) is 17.7 Å². The Morgan fingerprint density at radius 3 is 2.08 bits per heavy atom. The summed E-state index contributed by atoms with van der Waals surface area (Å²) in [7, 11) is 0. The van der Waals surface area contributed by atoms with Gasteiger partial charge in [-0.3, -0.25) is 0 Å². The number of aliphatic hydroxyl groups excluding tert-OH is 1. The number of halogens is 5. The predicted octanol–water partition coefficient (Wildman–Crippen LogP) is 3.24. The molecule has 0 spiro atoms. The number of nitrogens with one attached hydrogen (secondary N) is 2. The van der Waals surface area contributed by atoms with Gasteiger partial charge in [0.05, 0.1) is 5.56 Å². The van der Waals surface area contributed by atoms with Crippen LogP contribution >= 0.6 is 0 Å². The molecule has 1 unspecified atom stereocenters. The first-order valence-electron chi connectivity index (χ1n) is 6.61. The van der Waals surface area contributed by atoms with Gasteiger partial charge in [0.15, 0.2) is 17.5 Å². The van der Waals surface area contributed by atoms with E-state index in [0.717, 1.165) is 18.2 Å². The summed E-state index contributed by atoms with van der Waals surface area (Å²) in [6.45, 7) is -0.574. The standard InChI is InChI=1S/C15H11F5N2O2/c16-8-2-1-3-9(17)13(8)12(23)6-21-15(24)22-7-4-10(18)14(20)11(19)5-7/h1-5,12,23H,6H2,(H2,21,22,24). The molecule has 2 aromatic rings. The molecule has 128 valence electrons. The molecule has 3 N–H and O–H groups in total. The molecule has 1 atom stereocenters. The fraction of sp³-hybridized carbons (Fsp3) is 0.133. The number of benzene rings is 2. The monoisotopic (exact) mass is 346 g/mol. The minimum Gasteiger partial charge on any atom is -0.386 e. The fourth-order valence-corrected chi connectivity index (χ4v) is 1.92. The van der Waals surface area contributed by atoms with Crippen LogP contribution in [0, 0.1) is 29.1 Å². The molecule has 0 aromatic heterocycles. The number of hydrogen-bond acceptors (Lipinski definition) is 2. The first kappa shape index (κ1) is 17.7. The van der Waals surface area contributed by atoms with Crippen molar-refractivity contribution in [3.8, 4) is 0 Å². The summed E-state index contributed by atoms with van der Waals surface area (Å²) in [6.07, 6.45) is -1.68. The summed E-state index contributed by atoms with van der Waals surface area (Å²) in [6, 6.07) is 3.06. The second kappa shape index (κ2) is 7.26. The summed E-state index contributed by atoms with van der Waals surface area (Å²) in [5.41, 5.74) is -1.01. The number of urea groups is 1. The summed E-state index contributed by atoms with van der Waals surface area (Å²) >= 11 is 0. The lowest BCUT2D eigenvalue weighted by atomic mass is 10.1. The quantitative estimate of drug-likeness (QED) is 0.588. The molecule has 0 aliphatic carbocycles. The zero-order chi connectivity index (χ0) is 17.9. The van der Waals surface area contributed by atoms with Gasteiger partial charge in [0, 0.05) is 24.4 Å². The molecule has 9 heteroatoms. The molecule has 0 saturated carbocycles. The molecule has 24 heavy (non-hydrogen) atoms. The van der Waals surface area contributed by atoms with Gasteiger partial charge >= 0.3 is 6.03 Å². The summed E-state index contributed by atoms with van der Waals surface area (Å²) in [4.78, 5) is 11.6. The van der Waals surface area contributed by atoms with E-state index in [-0.39, 0.29) is 5.69 Å². The van der Waals surface area contributed by atoms with Gasteiger partial charge in [0.2, 0.25) is 0 Å². The first-order valence-corrected chi connectivity index (χ1v) is 6.61. The summed E-state index contributed by atoms with van der Waals surface area (Å²) in [5, 5.41) is 13.8. The van der Waals surface area contributed by atoms with E-state index in [2.05, 4.69) is 5.32 Å². The Kier molecular flexibility index (Phi) is 5.35. The van der Waals surface area contributed by atoms with E-state index in [9.17, 15) is 31.9 Å². The molecular weight excluding hydrogens is 335 g/mol. The maximum absolute atomic E-state index is 13.5. The lowest BCUT2D eigenvalue weighted by Gasteiger charge is -2.14. The highest BCUT2D eigenvalue weighted by Crippen LogP contribution is 2.20. The number of hydrogen-bond donors (Lipinski definition) is 3. The first-order chi connectivity index (χ1) is 11.3. The third-order valence-electron chi connectivity index (χ3n) is 3.03. The Balaban J connectivity index is 1.98. The van der Waals surface area contributed by atoms with Gasteiger partial charge in [-0.2, -0.15) is 0 Å². The van der Waals surface area contributed by atoms with Crippen LogP contribution in [0.4, 0.5) is 32.4 Å². The Morgan fingerprint density at radius 2 is 1.54 bits per heavy atom. The summed E-state index contributed by atoms with van der Waals surface area (Å²) < 4.78 is 65.7. The molecule has 2 amide bonds. The van der Waals surface area contributed by atoms with Crippen LogP contribution in [0.25, 0.3) is 0 Å². The van der Waals surface area contributed by atoms with Gasteiger partial charge in [-0.25, -0.2) is 26.7 Å². The molecule has 2 aromatic carbocycles. The third kappa shape index (κ3) is 3.99. The van der Waals surface area contributed by atoms with Crippen LogP contribution < -0.4 is 10.6 Å². The number of rotatable bonds is 4. The second-order valence-corrected chi connectivity index (χ2v) is 4.74. The lowest BCUT2D eigenvalue weighted by molar-refractivity contribution is 0.166. The molecular formula is C15H11F5N2O2. The van der Waals surface area contributed by atoms with Crippen LogP contribution in [0.5, 0.6) is 0 Å². The molecule has 4 nitrogen and oxygen atoms in total. The van der Waals surface area contributed by atoms with Crippen molar-refractivity contribution in [2.45, 2.75) is 6.10 Å². The van der Waals surface area contributed by atoms with E-state index < -0.39 is 53.3 Å². The summed E-state index contributed by atoms with van der Waals surface area (Å²) in [5.74, 6) is -6.68. The molecule has 0 bridgehead atoms. The Hall–Kier alpha value is -2.68. The van der Waals surface area contributed by atoms with E-state index in [1.54, 1.807) is 0 Å². The molecule has 0 aliphatic rings. The van der Waals surface area contributed by atoms with Crippen molar-refractivity contribution < 1.29 is 31.9 Å². The highest BCUT2D eigenvalue weighted by molar-refractivity contribution is 5.89. The van der Waals surface area contributed by atoms with Gasteiger partial charge in [-0.1, -0.05) is 6.07 Å². The van der Waals surface area contributed by atoms with Crippen molar-refractivity contribution in [3.05, 3.63) is 65.0 Å². The maximum atomic E-state index is 13.5. The van der Waals surface area contributed by atoms with E-state index in [4.69, 9.17) is 0 Å². The zero-order valence-corrected chi connectivity index (χ0v) is 11.9. The predicted molar refractivity (Wildman–Crippen MR) is 74.7 cm³/mol. The molecule has 2 rings (SSSR count). The highest BCUT2D eigenvalue weighted by Gasteiger charge is 2.18. The van der Waals surface area contributed by atoms with E-state index >= 15 is 0 Å². The Bertz CT molecular complexity index is 726. The fourth-order valence-electron chi connectivity index (χ4n) is 1.92. The molecule has 0 saturated heterocycles. The van der Waals surface area contributed by atoms with Crippen molar-refractivity contribution in [1.29, 1.82) is 0 Å². The van der Waals surface area contributed by atoms with Crippen molar-refractivity contribution in [1.82, 2.24) is 5.32 Å². The van der Waals surface area contributed by atoms with Crippen molar-refractivity contribution in [2.75, 3.05) is 11.9 Å². The lowest BCUT2D eigenvalue weighted by Crippen LogP contribution is -2.33. The number of anilines is 1. The molecule has 0 radical (unpaired) electrons. The third-order valence-corrected chi connectivity index (χ3v) is 3.03. The van der Waals surface area contributed by atoms with E-state index in [1.165, 1.54) is 0 Å². The number of carbonyl (C=O) groups excluding carboxylic acids is 1. The van der Waals surface area contributed by atoms with Crippen LogP contribution in [0.2, 0.25) is 0 Å². The SMILES string of the molecule is O=C(NCC(O)c1c(F)cccc1F)Nc1cc(F)c(F)c(F)c1. The van der Waals surface area contributed by atoms with E-state index in [0.29, 0.717) is 12.1 Å². The van der Waals surface area contributed by atoms with Gasteiger partial charge in [0.25, 0.3) is 0 Å².